The van der Waals surface area contributed by atoms with Gasteiger partial charge in [0, 0.05) is 17.5 Å². The fourth-order valence-electron chi connectivity index (χ4n) is 4.03. The summed E-state index contributed by atoms with van der Waals surface area (Å²) < 4.78 is 33.1. The van der Waals surface area contributed by atoms with Crippen molar-refractivity contribution < 1.29 is 58.7 Å². The zero-order valence-corrected chi connectivity index (χ0v) is 18.8. The van der Waals surface area contributed by atoms with Crippen LogP contribution in [0.15, 0.2) is 33.5 Å². The van der Waals surface area contributed by atoms with Crippen molar-refractivity contribution in [2.45, 2.75) is 68.3 Å². The van der Waals surface area contributed by atoms with E-state index < -0.39 is 73.6 Å². The zero-order chi connectivity index (χ0) is 25.4. The van der Waals surface area contributed by atoms with E-state index in [9.17, 15) is 35.4 Å². The highest BCUT2D eigenvalue weighted by Gasteiger charge is 2.51. The van der Waals surface area contributed by atoms with Gasteiger partial charge in [-0.1, -0.05) is 0 Å². The number of ether oxygens (including phenoxy) is 5. The van der Waals surface area contributed by atoms with Gasteiger partial charge in [0.2, 0.25) is 6.29 Å². The Morgan fingerprint density at radius 2 is 1.63 bits per heavy atom. The van der Waals surface area contributed by atoms with E-state index in [1.54, 1.807) is 0 Å². The highest BCUT2D eigenvalue weighted by molar-refractivity contribution is 5.80. The third-order valence-electron chi connectivity index (χ3n) is 6.07. The minimum atomic E-state index is -1.70. The van der Waals surface area contributed by atoms with Gasteiger partial charge in [0.15, 0.2) is 23.9 Å². The van der Waals surface area contributed by atoms with Gasteiger partial charge in [-0.05, 0) is 19.1 Å². The number of hydrogen-bond donors (Lipinski definition) is 6. The maximum absolute atomic E-state index is 11.6. The number of hydrogen-bond acceptors (Lipinski definition) is 13. The largest absolute Gasteiger partial charge is 0.493 e. The molecule has 6 N–H and O–H groups in total. The number of benzene rings is 1. The average molecular weight is 500 g/mol. The molecule has 0 radical (unpaired) electrons. The van der Waals surface area contributed by atoms with Gasteiger partial charge in [0.1, 0.15) is 42.2 Å². The van der Waals surface area contributed by atoms with Crippen LogP contribution in [0.1, 0.15) is 6.92 Å². The van der Waals surface area contributed by atoms with Crippen molar-refractivity contribution in [3.05, 3.63) is 34.7 Å². The Balaban J connectivity index is 1.66. The monoisotopic (exact) mass is 500 g/mol. The Morgan fingerprint density at radius 3 is 2.31 bits per heavy atom. The minimum Gasteiger partial charge on any atom is -0.493 e. The van der Waals surface area contributed by atoms with Gasteiger partial charge >= 0.3 is 5.63 Å². The van der Waals surface area contributed by atoms with Crippen molar-refractivity contribution in [1.29, 1.82) is 0 Å². The smallest absolute Gasteiger partial charge is 0.336 e. The van der Waals surface area contributed by atoms with E-state index in [1.807, 2.05) is 0 Å². The molecule has 0 amide bonds. The molecule has 2 saturated heterocycles. The van der Waals surface area contributed by atoms with Crippen LogP contribution in [-0.4, -0.2) is 106 Å². The van der Waals surface area contributed by atoms with Gasteiger partial charge in [-0.2, -0.15) is 0 Å². The third-order valence-corrected chi connectivity index (χ3v) is 6.07. The SMILES string of the molecule is COc1cc2ccc(=O)oc2cc1OC1OC(CO)C(O)C(O)C1OC1OC(C)C(O)C(O)C1O. The molecule has 13 nitrogen and oxygen atoms in total. The maximum atomic E-state index is 11.6. The van der Waals surface area contributed by atoms with Crippen molar-refractivity contribution in [1.82, 2.24) is 0 Å². The Bertz CT molecular complexity index is 1070. The van der Waals surface area contributed by atoms with E-state index in [-0.39, 0.29) is 17.1 Å². The molecule has 2 aromatic rings. The van der Waals surface area contributed by atoms with E-state index in [0.717, 1.165) is 0 Å². The normalized spacial score (nSPS) is 37.8. The second kappa shape index (κ2) is 10.3. The summed E-state index contributed by atoms with van der Waals surface area (Å²) in [6.07, 6.45) is -14.7. The van der Waals surface area contributed by atoms with Crippen LogP contribution in [-0.2, 0) is 14.2 Å². The van der Waals surface area contributed by atoms with Gasteiger partial charge in [-0.25, -0.2) is 4.79 Å². The predicted octanol–water partition coefficient (Wildman–Crippen LogP) is -2.17. The van der Waals surface area contributed by atoms with Gasteiger partial charge in [0.05, 0.1) is 19.8 Å². The molecule has 10 unspecified atom stereocenters. The molecule has 10 atom stereocenters. The first-order valence-corrected chi connectivity index (χ1v) is 10.9. The summed E-state index contributed by atoms with van der Waals surface area (Å²) in [6, 6.07) is 5.66. The van der Waals surface area contributed by atoms with Crippen LogP contribution >= 0.6 is 0 Å². The van der Waals surface area contributed by atoms with Crippen molar-refractivity contribution in [3.8, 4) is 11.5 Å². The molecule has 2 aliphatic rings. The lowest BCUT2D eigenvalue weighted by Gasteiger charge is -2.45. The van der Waals surface area contributed by atoms with Crippen molar-refractivity contribution >= 4 is 11.0 Å². The lowest BCUT2D eigenvalue weighted by atomic mass is 9.97. The van der Waals surface area contributed by atoms with Crippen molar-refractivity contribution in [3.63, 3.8) is 0 Å². The molecule has 35 heavy (non-hydrogen) atoms. The molecular formula is C22H28O13. The molecule has 0 saturated carbocycles. The quantitative estimate of drug-likeness (QED) is 0.235. The molecule has 4 rings (SSSR count). The van der Waals surface area contributed by atoms with Gasteiger partial charge < -0.3 is 58.7 Å². The van der Waals surface area contributed by atoms with Crippen molar-refractivity contribution in [2.75, 3.05) is 13.7 Å². The fraction of sp³-hybridized carbons (Fsp3) is 0.591. The molecule has 2 aliphatic heterocycles. The van der Waals surface area contributed by atoms with Gasteiger partial charge in [0.25, 0.3) is 0 Å². The molecule has 13 heteroatoms. The number of aliphatic hydroxyl groups excluding tert-OH is 6. The molecule has 0 aliphatic carbocycles. The number of fused-ring (bicyclic) bond motifs is 1. The zero-order valence-electron chi connectivity index (χ0n) is 18.8. The number of aliphatic hydroxyl groups is 6. The predicted molar refractivity (Wildman–Crippen MR) is 115 cm³/mol. The molecule has 3 heterocycles. The standard InChI is InChI=1S/C22H28O13/c1-8-15(25)17(27)19(29)21(31-8)35-20-18(28)16(26)13(7-23)34-22(20)33-12-6-10-9(5-11(12)30-2)3-4-14(24)32-10/h3-6,8,13,15-23,25-29H,7H2,1-2H3. The van der Waals surface area contributed by atoms with E-state index in [0.29, 0.717) is 5.39 Å². The molecule has 194 valence electrons. The van der Waals surface area contributed by atoms with Crippen LogP contribution in [0, 0.1) is 0 Å². The first-order valence-electron chi connectivity index (χ1n) is 10.9. The van der Waals surface area contributed by atoms with Crippen LogP contribution in [0.5, 0.6) is 11.5 Å². The highest BCUT2D eigenvalue weighted by Crippen LogP contribution is 2.36. The summed E-state index contributed by atoms with van der Waals surface area (Å²) in [5.74, 6) is 0.221. The summed E-state index contributed by atoms with van der Waals surface area (Å²) >= 11 is 0. The van der Waals surface area contributed by atoms with Crippen LogP contribution < -0.4 is 15.1 Å². The molecule has 0 bridgehead atoms. The average Bonchev–Trinajstić information content (AvgIpc) is 2.84. The molecule has 0 spiro atoms. The third kappa shape index (κ3) is 5.00. The molecule has 2 fully saturated rings. The van der Waals surface area contributed by atoms with E-state index in [1.165, 1.54) is 38.3 Å². The van der Waals surface area contributed by atoms with Crippen LogP contribution in [0.2, 0.25) is 0 Å². The summed E-state index contributed by atoms with van der Waals surface area (Å²) in [5, 5.41) is 61.6. The van der Waals surface area contributed by atoms with E-state index in [4.69, 9.17) is 28.1 Å². The Labute approximate surface area is 198 Å². The summed E-state index contributed by atoms with van der Waals surface area (Å²) in [7, 11) is 1.37. The van der Waals surface area contributed by atoms with E-state index in [2.05, 4.69) is 0 Å². The second-order valence-electron chi connectivity index (χ2n) is 8.40. The Morgan fingerprint density at radius 1 is 0.886 bits per heavy atom. The topological polar surface area (TPSA) is 198 Å². The van der Waals surface area contributed by atoms with Crippen LogP contribution in [0.25, 0.3) is 11.0 Å². The molecule has 1 aromatic heterocycles. The van der Waals surface area contributed by atoms with Crippen LogP contribution in [0.4, 0.5) is 0 Å². The lowest BCUT2D eigenvalue weighted by Crippen LogP contribution is -2.64. The molecule has 1 aromatic carbocycles. The highest BCUT2D eigenvalue weighted by atomic mass is 16.8. The summed E-state index contributed by atoms with van der Waals surface area (Å²) in [4.78, 5) is 11.6. The first kappa shape index (κ1) is 25.8. The van der Waals surface area contributed by atoms with Crippen molar-refractivity contribution in [2.24, 2.45) is 0 Å². The van der Waals surface area contributed by atoms with Gasteiger partial charge in [-0.15, -0.1) is 0 Å². The van der Waals surface area contributed by atoms with Gasteiger partial charge in [-0.3, -0.25) is 0 Å². The summed E-state index contributed by atoms with van der Waals surface area (Å²) in [5.41, 5.74) is -0.432. The minimum absolute atomic E-state index is 0.0159. The Hall–Kier alpha value is -2.33. The maximum Gasteiger partial charge on any atom is 0.336 e. The second-order valence-corrected chi connectivity index (χ2v) is 8.40. The number of methoxy groups -OCH3 is 1. The van der Waals surface area contributed by atoms with E-state index >= 15 is 0 Å². The lowest BCUT2D eigenvalue weighted by molar-refractivity contribution is -0.354. The van der Waals surface area contributed by atoms with Crippen LogP contribution in [0.3, 0.4) is 0 Å². The number of rotatable bonds is 6. The fourth-order valence-corrected chi connectivity index (χ4v) is 4.03. The first-order chi connectivity index (χ1) is 16.6. The Kier molecular flexibility index (Phi) is 7.61. The summed E-state index contributed by atoms with van der Waals surface area (Å²) in [6.45, 7) is 0.779. The molecular weight excluding hydrogens is 472 g/mol.